The van der Waals surface area contributed by atoms with E-state index in [9.17, 15) is 9.22 Å². The minimum atomic E-state index is -3.93. The summed E-state index contributed by atoms with van der Waals surface area (Å²) in [7, 11) is 0. The molecule has 8 rings (SSSR count). The van der Waals surface area contributed by atoms with Crippen molar-refractivity contribution in [3.05, 3.63) is 167 Å². The van der Waals surface area contributed by atoms with E-state index in [1.165, 1.54) is 5.56 Å². The predicted octanol–water partition coefficient (Wildman–Crippen LogP) is 18.2. The summed E-state index contributed by atoms with van der Waals surface area (Å²) in [6.07, 6.45) is -0.727. The summed E-state index contributed by atoms with van der Waals surface area (Å²) in [5.74, 6) is 0.550. The number of aromatic nitrogens is 3. The van der Waals surface area contributed by atoms with Gasteiger partial charge in [-0.2, -0.15) is 0 Å². The highest BCUT2D eigenvalue weighted by atomic mass is 16.3. The molecular weight excluding hydrogens is 851 g/mol. The summed E-state index contributed by atoms with van der Waals surface area (Å²) < 4.78 is 141. The van der Waals surface area contributed by atoms with Crippen molar-refractivity contribution in [1.29, 1.82) is 0 Å². The number of phenols is 1. The molecule has 0 bridgehead atoms. The van der Waals surface area contributed by atoms with Crippen LogP contribution >= 0.6 is 0 Å². The zero-order valence-corrected chi connectivity index (χ0v) is 43.4. The van der Waals surface area contributed by atoms with Gasteiger partial charge in [-0.15, -0.1) is 0 Å². The van der Waals surface area contributed by atoms with Gasteiger partial charge >= 0.3 is 0 Å². The number of hydrogen-bond donors (Lipinski definition) is 1. The largest absolute Gasteiger partial charge is 0.507 e. The van der Waals surface area contributed by atoms with E-state index in [0.717, 1.165) is 39.1 Å². The van der Waals surface area contributed by atoms with Crippen molar-refractivity contribution in [1.82, 2.24) is 14.5 Å². The third-order valence-electron chi connectivity index (χ3n) is 13.1. The van der Waals surface area contributed by atoms with Gasteiger partial charge in [-0.05, 0) is 131 Å². The average molecular weight is 944 g/mol. The highest BCUT2D eigenvalue weighted by Crippen LogP contribution is 2.46. The zero-order chi connectivity index (χ0) is 64.7. The molecule has 4 nitrogen and oxygen atoms in total. The van der Waals surface area contributed by atoms with Crippen LogP contribution in [0.4, 0.5) is 0 Å². The van der Waals surface area contributed by atoms with Gasteiger partial charge in [0.05, 0.1) is 37.6 Å². The second kappa shape index (κ2) is 17.5. The molecule has 2 aromatic heterocycles. The molecule has 0 atom stereocenters. The van der Waals surface area contributed by atoms with Gasteiger partial charge in [0.15, 0.2) is 0 Å². The predicted molar refractivity (Wildman–Crippen MR) is 300 cm³/mol. The Morgan fingerprint density at radius 3 is 1.66 bits per heavy atom. The van der Waals surface area contributed by atoms with E-state index in [2.05, 4.69) is 141 Å². The van der Waals surface area contributed by atoms with Crippen LogP contribution in [-0.4, -0.2) is 19.6 Å². The Morgan fingerprint density at radius 1 is 0.471 bits per heavy atom. The summed E-state index contributed by atoms with van der Waals surface area (Å²) in [4.78, 5) is 10.1. The lowest BCUT2D eigenvalue weighted by molar-refractivity contribution is 0.446. The van der Waals surface area contributed by atoms with E-state index in [4.69, 9.17) is 22.8 Å². The van der Waals surface area contributed by atoms with E-state index in [0.29, 0.717) is 33.5 Å². The summed E-state index contributed by atoms with van der Waals surface area (Å²) in [6.45, 7) is 19.8. The second-order valence-electron chi connectivity index (χ2n) is 23.9. The fraction of sp³-hybridized carbons (Fsp3) is 0.364. The topological polar surface area (TPSA) is 50.9 Å². The molecule has 0 spiro atoms. The van der Waals surface area contributed by atoms with Crippen LogP contribution in [0.15, 0.2) is 133 Å². The van der Waals surface area contributed by atoms with Crippen LogP contribution in [0.2, 0.25) is 0 Å². The maximum Gasteiger partial charge on any atom is 0.149 e. The van der Waals surface area contributed by atoms with E-state index >= 15 is 0 Å². The molecule has 0 unspecified atom stereocenters. The Morgan fingerprint density at radius 2 is 1.06 bits per heavy atom. The molecule has 0 aliphatic carbocycles. The van der Waals surface area contributed by atoms with Gasteiger partial charge in [0.2, 0.25) is 0 Å². The van der Waals surface area contributed by atoms with Crippen LogP contribution in [0, 0.1) is 0 Å². The first-order valence-corrected chi connectivity index (χ1v) is 24.0. The number of nitrogens with zero attached hydrogens (tertiary/aromatic N) is 3. The van der Waals surface area contributed by atoms with Crippen molar-refractivity contribution in [3.8, 4) is 67.5 Å². The average Bonchev–Trinajstić information content (AvgIpc) is 0.759. The van der Waals surface area contributed by atoms with Crippen LogP contribution in [0.25, 0.3) is 72.7 Å². The molecule has 4 heteroatoms. The third-order valence-corrected chi connectivity index (χ3v) is 13.1. The summed E-state index contributed by atoms with van der Waals surface area (Å²) in [5, 5.41) is 12.7. The molecular formula is C66H77N3O. The molecule has 2 heterocycles. The van der Waals surface area contributed by atoms with Crippen LogP contribution in [0.5, 0.6) is 5.75 Å². The normalized spacial score (nSPS) is 16.9. The smallest absolute Gasteiger partial charge is 0.149 e. The second-order valence-corrected chi connectivity index (χ2v) is 23.9. The van der Waals surface area contributed by atoms with Crippen molar-refractivity contribution in [2.45, 2.75) is 157 Å². The fourth-order valence-electron chi connectivity index (χ4n) is 8.70. The number of pyridine rings is 1. The Hall–Kier alpha value is -6.26. The summed E-state index contributed by atoms with van der Waals surface area (Å²) in [6, 6.07) is 24.3. The highest BCUT2D eigenvalue weighted by Gasteiger charge is 2.30. The minimum absolute atomic E-state index is 0.0828. The molecule has 0 aliphatic heterocycles. The van der Waals surface area contributed by atoms with Crippen LogP contribution < -0.4 is 0 Å². The molecule has 0 amide bonds. The molecule has 362 valence electrons. The first kappa shape index (κ1) is 33.3. The van der Waals surface area contributed by atoms with Gasteiger partial charge in [0, 0.05) is 40.8 Å². The molecule has 0 radical (unpaired) electrons. The van der Waals surface area contributed by atoms with Crippen molar-refractivity contribution in [3.63, 3.8) is 0 Å². The monoisotopic (exact) mass is 944 g/mol. The number of hydrogen-bond acceptors (Lipinski definition) is 3. The van der Waals surface area contributed by atoms with Crippen molar-refractivity contribution in [2.75, 3.05) is 0 Å². The number of phenolic OH excluding ortho intramolecular Hbond substituents is 1. The summed E-state index contributed by atoms with van der Waals surface area (Å²) in [5.41, 5.74) is 2.03. The van der Waals surface area contributed by atoms with Crippen LogP contribution in [-0.2, 0) is 32.5 Å². The Labute approximate surface area is 442 Å². The molecule has 0 saturated carbocycles. The number of fused-ring (bicyclic) bond motifs is 1. The number of aromatic hydroxyl groups is 1. The van der Waals surface area contributed by atoms with Crippen LogP contribution in [0.3, 0.4) is 0 Å². The van der Waals surface area contributed by atoms with E-state index in [1.807, 2.05) is 51.1 Å². The number of benzene rings is 6. The van der Waals surface area contributed by atoms with Crippen molar-refractivity contribution >= 4 is 11.0 Å². The van der Waals surface area contributed by atoms with Gasteiger partial charge in [-0.1, -0.05) is 203 Å². The molecule has 0 saturated heterocycles. The lowest BCUT2D eigenvalue weighted by Gasteiger charge is -2.28. The van der Waals surface area contributed by atoms with Crippen molar-refractivity contribution in [2.24, 2.45) is 0 Å². The molecule has 70 heavy (non-hydrogen) atoms. The van der Waals surface area contributed by atoms with E-state index in [1.54, 1.807) is 12.1 Å². The standard InChI is InChI=1S/C66H77N3O/c1-61(2,3)46-26-22-41(23-27-46)43-32-33-67-55(37-43)45-34-44(35-49(36-45)64(10,11)12)51-20-19-21-57-58(51)68-60(53-39-50(65(13,14)15)40-54(59(53)70)66(16,17)18)69(57)56-31-30-48(63(7,8)9)38-52(56)42-24-28-47(29-25-42)62(4,5)6/h19-40,70H,1-18H3/i1D3,2D3,3D3,22D,23D,26D,27D,32D,33D,37D. The first-order chi connectivity index (χ1) is 39.1. The Bertz CT molecular complexity index is 3940. The van der Waals surface area contributed by atoms with Gasteiger partial charge < -0.3 is 5.11 Å². The quantitative estimate of drug-likeness (QED) is 0.181. The minimum Gasteiger partial charge on any atom is -0.507 e. The van der Waals surface area contributed by atoms with Crippen molar-refractivity contribution < 1.29 is 27.0 Å². The van der Waals surface area contributed by atoms with Crippen LogP contribution in [0.1, 0.15) is 180 Å². The fourth-order valence-corrected chi connectivity index (χ4v) is 8.70. The zero-order valence-electron chi connectivity index (χ0n) is 59.4. The molecule has 6 aromatic carbocycles. The van der Waals surface area contributed by atoms with Gasteiger partial charge in [-0.3, -0.25) is 9.55 Å². The maximum atomic E-state index is 12.7. The number of imidazole rings is 1. The van der Waals surface area contributed by atoms with Gasteiger partial charge in [0.1, 0.15) is 11.6 Å². The van der Waals surface area contributed by atoms with Gasteiger partial charge in [0.25, 0.3) is 0 Å². The third kappa shape index (κ3) is 10.0. The van der Waals surface area contributed by atoms with Gasteiger partial charge in [-0.25, -0.2) is 4.98 Å². The SMILES string of the molecule is [2H]c1nc(-c2cc(-c3cccc4c3nc(-c3cc(C(C)(C)C)cc(C(C)(C)C)c3O)n4-c3ccc(C(C)(C)C)cc3-c3ccc(C(C)(C)C)cc3)cc(C(C)(C)C)c2)c([2H])c(-c2c([2H])c([2H])c(C(C([2H])([2H])[2H])(C([2H])([2H])[2H])C([2H])([2H])[2H])c([2H])c2[2H])c1[2H]. The molecule has 1 N–H and O–H groups in total. The van der Waals surface area contributed by atoms with E-state index in [-0.39, 0.29) is 33.3 Å². The Kier molecular flexibility index (Phi) is 8.36. The Balaban J connectivity index is 1.48. The molecule has 0 aliphatic rings. The lowest BCUT2D eigenvalue weighted by atomic mass is 9.79. The molecule has 8 aromatic rings. The summed E-state index contributed by atoms with van der Waals surface area (Å²) >= 11 is 0. The number of rotatable bonds is 6. The van der Waals surface area contributed by atoms with E-state index < -0.39 is 95.9 Å². The number of para-hydroxylation sites is 1. The lowest BCUT2D eigenvalue weighted by Crippen LogP contribution is -2.17. The molecule has 0 fully saturated rings. The first-order valence-electron chi connectivity index (χ1n) is 32.0. The highest BCUT2D eigenvalue weighted by molar-refractivity contribution is 5.98. The maximum absolute atomic E-state index is 12.7.